The fourth-order valence-corrected chi connectivity index (χ4v) is 2.39. The van der Waals surface area contributed by atoms with Crippen LogP contribution >= 0.6 is 23.4 Å². The molecule has 2 aromatic rings. The number of anilines is 2. The molecule has 2 rings (SSSR count). The largest absolute Gasteiger partial charge is 0.339 e. The lowest BCUT2D eigenvalue weighted by Gasteiger charge is -2.12. The van der Waals surface area contributed by atoms with Gasteiger partial charge in [0, 0.05) is 16.9 Å². The molecule has 0 atom stereocenters. The highest BCUT2D eigenvalue weighted by Gasteiger charge is 2.08. The zero-order valence-corrected chi connectivity index (χ0v) is 12.7. The van der Waals surface area contributed by atoms with Gasteiger partial charge in [0.2, 0.25) is 0 Å². The summed E-state index contributed by atoms with van der Waals surface area (Å²) in [5.74, 6) is 1.72. The SMILES string of the molecule is CSc1ccccc1Nc1cc(Cl)nc(C(C)C)n1. The van der Waals surface area contributed by atoms with E-state index in [4.69, 9.17) is 11.6 Å². The van der Waals surface area contributed by atoms with Crippen molar-refractivity contribution < 1.29 is 0 Å². The van der Waals surface area contributed by atoms with Crippen LogP contribution in [0, 0.1) is 0 Å². The summed E-state index contributed by atoms with van der Waals surface area (Å²) in [6.07, 6.45) is 2.05. The van der Waals surface area contributed by atoms with Crippen molar-refractivity contribution in [2.75, 3.05) is 11.6 Å². The lowest BCUT2D eigenvalue weighted by Crippen LogP contribution is -2.02. The van der Waals surface area contributed by atoms with E-state index in [1.165, 1.54) is 4.90 Å². The summed E-state index contributed by atoms with van der Waals surface area (Å²) >= 11 is 7.73. The van der Waals surface area contributed by atoms with Crippen molar-refractivity contribution in [1.82, 2.24) is 9.97 Å². The van der Waals surface area contributed by atoms with Gasteiger partial charge in [-0.05, 0) is 18.4 Å². The minimum atomic E-state index is 0.245. The van der Waals surface area contributed by atoms with Crippen LogP contribution in [0.3, 0.4) is 0 Å². The maximum absolute atomic E-state index is 6.04. The monoisotopic (exact) mass is 293 g/mol. The summed E-state index contributed by atoms with van der Waals surface area (Å²) in [7, 11) is 0. The number of benzene rings is 1. The molecule has 1 aromatic carbocycles. The van der Waals surface area contributed by atoms with Gasteiger partial charge in [0.15, 0.2) is 0 Å². The van der Waals surface area contributed by atoms with E-state index in [0.717, 1.165) is 17.3 Å². The highest BCUT2D eigenvalue weighted by atomic mass is 35.5. The zero-order chi connectivity index (χ0) is 13.8. The number of nitrogens with one attached hydrogen (secondary N) is 1. The van der Waals surface area contributed by atoms with Crippen molar-refractivity contribution in [2.45, 2.75) is 24.7 Å². The molecule has 0 saturated carbocycles. The van der Waals surface area contributed by atoms with Crippen LogP contribution in [0.2, 0.25) is 5.15 Å². The van der Waals surface area contributed by atoms with Gasteiger partial charge in [0.1, 0.15) is 16.8 Å². The fraction of sp³-hybridized carbons (Fsp3) is 0.286. The van der Waals surface area contributed by atoms with Crippen LogP contribution in [-0.4, -0.2) is 16.2 Å². The Kier molecular flexibility index (Phi) is 4.66. The molecular formula is C14H16ClN3S. The van der Waals surface area contributed by atoms with Crippen molar-refractivity contribution in [2.24, 2.45) is 0 Å². The summed E-state index contributed by atoms with van der Waals surface area (Å²) in [5.41, 5.74) is 1.03. The molecule has 0 radical (unpaired) electrons. The van der Waals surface area contributed by atoms with E-state index >= 15 is 0 Å². The molecular weight excluding hydrogens is 278 g/mol. The second-order valence-corrected chi connectivity index (χ2v) is 5.65. The van der Waals surface area contributed by atoms with E-state index in [1.54, 1.807) is 17.8 Å². The van der Waals surface area contributed by atoms with Gasteiger partial charge in [-0.3, -0.25) is 0 Å². The fourth-order valence-electron chi connectivity index (χ4n) is 1.64. The van der Waals surface area contributed by atoms with E-state index in [0.29, 0.717) is 5.15 Å². The van der Waals surface area contributed by atoms with Crippen molar-refractivity contribution in [3.05, 3.63) is 41.3 Å². The second-order valence-electron chi connectivity index (χ2n) is 4.41. The van der Waals surface area contributed by atoms with E-state index in [-0.39, 0.29) is 5.92 Å². The van der Waals surface area contributed by atoms with Gasteiger partial charge in [-0.2, -0.15) is 0 Å². The van der Waals surface area contributed by atoms with E-state index in [2.05, 4.69) is 21.4 Å². The zero-order valence-electron chi connectivity index (χ0n) is 11.1. The van der Waals surface area contributed by atoms with Crippen molar-refractivity contribution in [1.29, 1.82) is 0 Å². The Morgan fingerprint density at radius 2 is 1.95 bits per heavy atom. The number of nitrogens with zero attached hydrogens (tertiary/aromatic N) is 2. The Morgan fingerprint density at radius 3 is 2.63 bits per heavy atom. The topological polar surface area (TPSA) is 37.8 Å². The molecule has 0 fully saturated rings. The van der Waals surface area contributed by atoms with E-state index in [9.17, 15) is 0 Å². The first-order valence-electron chi connectivity index (χ1n) is 6.04. The molecule has 0 spiro atoms. The average Bonchev–Trinajstić information content (AvgIpc) is 2.38. The number of thioether (sulfide) groups is 1. The quantitative estimate of drug-likeness (QED) is 0.654. The van der Waals surface area contributed by atoms with Crippen molar-refractivity contribution in [3.8, 4) is 0 Å². The van der Waals surface area contributed by atoms with Gasteiger partial charge in [-0.25, -0.2) is 9.97 Å². The van der Waals surface area contributed by atoms with Crippen LogP contribution in [0.25, 0.3) is 0 Å². The van der Waals surface area contributed by atoms with Crippen LogP contribution in [0.15, 0.2) is 35.2 Å². The minimum absolute atomic E-state index is 0.245. The van der Waals surface area contributed by atoms with E-state index < -0.39 is 0 Å². The molecule has 0 bridgehead atoms. The molecule has 5 heteroatoms. The normalized spacial score (nSPS) is 10.8. The molecule has 0 aliphatic heterocycles. The third kappa shape index (κ3) is 3.61. The lowest BCUT2D eigenvalue weighted by atomic mass is 10.2. The maximum Gasteiger partial charge on any atom is 0.135 e. The highest BCUT2D eigenvalue weighted by Crippen LogP contribution is 2.28. The second kappa shape index (κ2) is 6.26. The first-order valence-corrected chi connectivity index (χ1v) is 7.65. The molecule has 1 heterocycles. The van der Waals surface area contributed by atoms with Crippen LogP contribution in [0.4, 0.5) is 11.5 Å². The number of rotatable bonds is 4. The van der Waals surface area contributed by atoms with Gasteiger partial charge >= 0.3 is 0 Å². The summed E-state index contributed by atoms with van der Waals surface area (Å²) in [5, 5.41) is 3.76. The Hall–Kier alpha value is -1.26. The predicted octanol–water partition coefficient (Wildman–Crippen LogP) is 4.72. The highest BCUT2D eigenvalue weighted by molar-refractivity contribution is 7.98. The third-order valence-corrected chi connectivity index (χ3v) is 3.59. The average molecular weight is 294 g/mol. The van der Waals surface area contributed by atoms with Gasteiger partial charge < -0.3 is 5.32 Å². The van der Waals surface area contributed by atoms with Gasteiger partial charge in [0.05, 0.1) is 5.69 Å². The smallest absolute Gasteiger partial charge is 0.135 e. The number of hydrogen-bond acceptors (Lipinski definition) is 4. The maximum atomic E-state index is 6.04. The van der Waals surface area contributed by atoms with Crippen LogP contribution in [0.5, 0.6) is 0 Å². The number of hydrogen-bond donors (Lipinski definition) is 1. The van der Waals surface area contributed by atoms with Crippen LogP contribution in [0.1, 0.15) is 25.6 Å². The van der Waals surface area contributed by atoms with Crippen molar-refractivity contribution >= 4 is 34.9 Å². The van der Waals surface area contributed by atoms with Gasteiger partial charge in [-0.15, -0.1) is 11.8 Å². The Morgan fingerprint density at radius 1 is 1.21 bits per heavy atom. The minimum Gasteiger partial charge on any atom is -0.339 e. The Labute approximate surface area is 122 Å². The Bertz CT molecular complexity index is 572. The number of para-hydroxylation sites is 1. The molecule has 0 amide bonds. The van der Waals surface area contributed by atoms with Gasteiger partial charge in [0.25, 0.3) is 0 Å². The third-order valence-electron chi connectivity index (χ3n) is 2.60. The molecule has 3 nitrogen and oxygen atoms in total. The number of halogens is 1. The molecule has 0 aliphatic carbocycles. The standard InChI is InChI=1S/C14H16ClN3S/c1-9(2)14-17-12(15)8-13(18-14)16-10-6-4-5-7-11(10)19-3/h4-9H,1-3H3,(H,16,17,18). The van der Waals surface area contributed by atoms with E-state index in [1.807, 2.05) is 38.3 Å². The summed E-state index contributed by atoms with van der Waals surface area (Å²) in [4.78, 5) is 9.88. The van der Waals surface area contributed by atoms with Gasteiger partial charge in [-0.1, -0.05) is 37.6 Å². The molecule has 100 valence electrons. The molecule has 1 N–H and O–H groups in total. The first-order chi connectivity index (χ1) is 9.10. The van der Waals surface area contributed by atoms with Crippen LogP contribution in [-0.2, 0) is 0 Å². The first kappa shape index (κ1) is 14.2. The predicted molar refractivity (Wildman–Crippen MR) is 82.6 cm³/mol. The molecule has 0 aliphatic rings. The summed E-state index contributed by atoms with van der Waals surface area (Å²) < 4.78 is 0. The molecule has 0 unspecified atom stereocenters. The molecule has 0 saturated heterocycles. The summed E-state index contributed by atoms with van der Waals surface area (Å²) in [6.45, 7) is 4.09. The van der Waals surface area contributed by atoms with Crippen LogP contribution < -0.4 is 5.32 Å². The number of aromatic nitrogens is 2. The molecule has 19 heavy (non-hydrogen) atoms. The molecule has 1 aromatic heterocycles. The summed E-state index contributed by atoms with van der Waals surface area (Å²) in [6, 6.07) is 9.85. The van der Waals surface area contributed by atoms with Crippen molar-refractivity contribution in [3.63, 3.8) is 0 Å². The lowest BCUT2D eigenvalue weighted by molar-refractivity contribution is 0.776. The Balaban J connectivity index is 2.32.